The molecular weight excluding hydrogens is 346 g/mol. The van der Waals surface area contributed by atoms with Crippen molar-refractivity contribution in [2.24, 2.45) is 5.92 Å². The summed E-state index contributed by atoms with van der Waals surface area (Å²) < 4.78 is 4.89. The van der Waals surface area contributed by atoms with Gasteiger partial charge in [0.05, 0.1) is 22.8 Å². The first-order valence-electron chi connectivity index (χ1n) is 10.2. The minimum atomic E-state index is 0.435. The minimum absolute atomic E-state index is 0.435. The number of ether oxygens (including phenoxy) is 1. The number of nitrogens with zero attached hydrogens (tertiary/aromatic N) is 3. The first-order chi connectivity index (χ1) is 13.2. The molecule has 2 rings (SSSR count). The summed E-state index contributed by atoms with van der Waals surface area (Å²) >= 11 is 0. The van der Waals surface area contributed by atoms with Crippen molar-refractivity contribution in [3.05, 3.63) is 47.2 Å². The second-order valence-corrected chi connectivity index (χ2v) is 7.66. The molecule has 0 bridgehead atoms. The van der Waals surface area contributed by atoms with Crippen molar-refractivity contribution < 1.29 is 4.74 Å². The van der Waals surface area contributed by atoms with Gasteiger partial charge >= 0.3 is 0 Å². The van der Waals surface area contributed by atoms with Crippen molar-refractivity contribution >= 4 is 5.57 Å². The van der Waals surface area contributed by atoms with E-state index in [0.717, 1.165) is 52.1 Å². The highest BCUT2D eigenvalue weighted by Crippen LogP contribution is 2.24. The Hall–Kier alpha value is -2.07. The van der Waals surface area contributed by atoms with E-state index in [1.54, 1.807) is 7.11 Å². The molecule has 4 nitrogen and oxygen atoms in total. The smallest absolute Gasteiger partial charge is 0.0937 e. The number of methoxy groups -OCH3 is 1. The van der Waals surface area contributed by atoms with Crippen molar-refractivity contribution in [3.8, 4) is 11.3 Å². The molecule has 0 N–H and O–H groups in total. The molecule has 1 atom stereocenters. The molecule has 0 amide bonds. The third-order valence-corrected chi connectivity index (χ3v) is 4.85. The number of aromatic nitrogens is 3. The van der Waals surface area contributed by atoms with Gasteiger partial charge in [-0.1, -0.05) is 40.2 Å². The predicted molar refractivity (Wildman–Crippen MR) is 119 cm³/mol. The van der Waals surface area contributed by atoms with E-state index in [9.17, 15) is 0 Å². The van der Waals surface area contributed by atoms with Crippen molar-refractivity contribution in [3.63, 3.8) is 0 Å². The lowest BCUT2D eigenvalue weighted by atomic mass is 10.1. The largest absolute Gasteiger partial charge is 0.384 e. The zero-order valence-electron chi connectivity index (χ0n) is 19.1. The number of hydrogen-bond donors (Lipinski definition) is 0. The van der Waals surface area contributed by atoms with Gasteiger partial charge in [0.2, 0.25) is 0 Å². The Morgan fingerprint density at radius 3 is 2.21 bits per heavy atom. The quantitative estimate of drug-likeness (QED) is 0.580. The lowest BCUT2D eigenvalue weighted by Gasteiger charge is -2.11. The zero-order chi connectivity index (χ0) is 21.3. The van der Waals surface area contributed by atoms with Gasteiger partial charge in [-0.2, -0.15) is 0 Å². The van der Waals surface area contributed by atoms with Gasteiger partial charge in [-0.15, -0.1) is 0 Å². The molecule has 0 saturated carbocycles. The Bertz CT molecular complexity index is 764. The standard InChI is InChI=1S/C18H23N3.C6H14O/c1-7-12(4)17-13(5)20-14(6)18(21-17)15-8-9-16(11(2)3)19-10-15;1-4-6(2)5-7-3/h7-11H,1-6H3;6H,4-5H2,1-3H3/b12-7-;. The van der Waals surface area contributed by atoms with Gasteiger partial charge in [0.25, 0.3) is 0 Å². The van der Waals surface area contributed by atoms with E-state index in [1.807, 2.05) is 27.0 Å². The van der Waals surface area contributed by atoms with E-state index in [4.69, 9.17) is 9.72 Å². The molecule has 0 aliphatic rings. The molecule has 2 aromatic heterocycles. The van der Waals surface area contributed by atoms with Crippen LogP contribution in [-0.2, 0) is 4.74 Å². The highest BCUT2D eigenvalue weighted by Gasteiger charge is 2.12. The van der Waals surface area contributed by atoms with Crippen LogP contribution in [0, 0.1) is 19.8 Å². The second kappa shape index (κ2) is 11.7. The summed E-state index contributed by atoms with van der Waals surface area (Å²) in [7, 11) is 1.74. The Labute approximate surface area is 171 Å². The molecular formula is C24H37N3O. The average molecular weight is 384 g/mol. The summed E-state index contributed by atoms with van der Waals surface area (Å²) in [5.41, 5.74) is 7.06. The Balaban J connectivity index is 0.000000480. The molecule has 0 aliphatic carbocycles. The normalized spacial score (nSPS) is 12.6. The Morgan fingerprint density at radius 1 is 1.11 bits per heavy atom. The molecule has 0 fully saturated rings. The fraction of sp³-hybridized carbons (Fsp3) is 0.542. The maximum atomic E-state index is 4.89. The number of rotatable bonds is 6. The van der Waals surface area contributed by atoms with Crippen molar-refractivity contribution in [1.82, 2.24) is 15.0 Å². The molecule has 0 radical (unpaired) electrons. The molecule has 0 aliphatic heterocycles. The summed E-state index contributed by atoms with van der Waals surface area (Å²) in [5, 5.41) is 0. The summed E-state index contributed by atoms with van der Waals surface area (Å²) in [5.74, 6) is 1.16. The third kappa shape index (κ3) is 6.83. The zero-order valence-corrected chi connectivity index (χ0v) is 19.1. The molecule has 0 saturated heterocycles. The van der Waals surface area contributed by atoms with Crippen LogP contribution in [0.15, 0.2) is 24.4 Å². The van der Waals surface area contributed by atoms with E-state index < -0.39 is 0 Å². The SMILES string of the molecule is C/C=C(/C)c1nc(-c2ccc(C(C)C)nc2)c(C)nc1C.CCC(C)COC. The van der Waals surface area contributed by atoms with Crippen molar-refractivity contribution in [2.45, 2.75) is 67.7 Å². The second-order valence-electron chi connectivity index (χ2n) is 7.66. The van der Waals surface area contributed by atoms with Crippen LogP contribution in [-0.4, -0.2) is 28.7 Å². The number of pyridine rings is 1. The molecule has 2 heterocycles. The van der Waals surface area contributed by atoms with Crippen LogP contribution in [0.5, 0.6) is 0 Å². The fourth-order valence-electron chi connectivity index (χ4n) is 2.70. The predicted octanol–water partition coefficient (Wildman–Crippen LogP) is 6.38. The van der Waals surface area contributed by atoms with Gasteiger partial charge < -0.3 is 4.74 Å². The summed E-state index contributed by atoms with van der Waals surface area (Å²) in [6.07, 6.45) is 5.18. The van der Waals surface area contributed by atoms with E-state index in [-0.39, 0.29) is 0 Å². The summed E-state index contributed by atoms with van der Waals surface area (Å²) in [4.78, 5) is 14.0. The van der Waals surface area contributed by atoms with Crippen LogP contribution in [0.1, 0.15) is 76.7 Å². The molecule has 2 aromatic rings. The Kier molecular flexibility index (Phi) is 10.0. The summed E-state index contributed by atoms with van der Waals surface area (Å²) in [6, 6.07) is 4.16. The first-order valence-corrected chi connectivity index (χ1v) is 10.2. The minimum Gasteiger partial charge on any atom is -0.384 e. The molecule has 1 unspecified atom stereocenters. The van der Waals surface area contributed by atoms with E-state index in [1.165, 1.54) is 6.42 Å². The molecule has 4 heteroatoms. The van der Waals surface area contributed by atoms with Gasteiger partial charge in [0.15, 0.2) is 0 Å². The van der Waals surface area contributed by atoms with E-state index in [2.05, 4.69) is 62.8 Å². The van der Waals surface area contributed by atoms with E-state index >= 15 is 0 Å². The highest BCUT2D eigenvalue weighted by atomic mass is 16.5. The van der Waals surface area contributed by atoms with Gasteiger partial charge in [0, 0.05) is 31.2 Å². The topological polar surface area (TPSA) is 47.9 Å². The van der Waals surface area contributed by atoms with Gasteiger partial charge in [-0.3, -0.25) is 9.97 Å². The van der Waals surface area contributed by atoms with Crippen LogP contribution in [0.25, 0.3) is 16.8 Å². The van der Waals surface area contributed by atoms with Gasteiger partial charge in [-0.05, 0) is 57.2 Å². The lowest BCUT2D eigenvalue weighted by Crippen LogP contribution is -2.02. The lowest BCUT2D eigenvalue weighted by molar-refractivity contribution is 0.158. The number of allylic oxidation sites excluding steroid dienone is 2. The van der Waals surface area contributed by atoms with Gasteiger partial charge in [0.1, 0.15) is 0 Å². The monoisotopic (exact) mass is 383 g/mol. The van der Waals surface area contributed by atoms with Crippen LogP contribution < -0.4 is 0 Å². The summed E-state index contributed by atoms with van der Waals surface area (Å²) in [6.45, 7) is 17.6. The van der Waals surface area contributed by atoms with Crippen LogP contribution >= 0.6 is 0 Å². The van der Waals surface area contributed by atoms with Crippen molar-refractivity contribution in [2.75, 3.05) is 13.7 Å². The molecule has 0 spiro atoms. The maximum Gasteiger partial charge on any atom is 0.0937 e. The average Bonchev–Trinajstić information content (AvgIpc) is 2.68. The molecule has 154 valence electrons. The fourth-order valence-corrected chi connectivity index (χ4v) is 2.70. The Morgan fingerprint density at radius 2 is 1.79 bits per heavy atom. The van der Waals surface area contributed by atoms with Crippen molar-refractivity contribution in [1.29, 1.82) is 0 Å². The van der Waals surface area contributed by atoms with Gasteiger partial charge in [-0.25, -0.2) is 4.98 Å². The maximum absolute atomic E-state index is 4.89. The first kappa shape index (κ1) is 24.0. The number of aryl methyl sites for hydroxylation is 2. The third-order valence-electron chi connectivity index (χ3n) is 4.85. The van der Waals surface area contributed by atoms with Crippen LogP contribution in [0.4, 0.5) is 0 Å². The molecule has 0 aromatic carbocycles. The molecule has 28 heavy (non-hydrogen) atoms. The van der Waals surface area contributed by atoms with Crippen LogP contribution in [0.3, 0.4) is 0 Å². The number of hydrogen-bond acceptors (Lipinski definition) is 4. The highest BCUT2D eigenvalue weighted by molar-refractivity contribution is 5.67. The van der Waals surface area contributed by atoms with E-state index in [0.29, 0.717) is 5.92 Å². The van der Waals surface area contributed by atoms with Crippen LogP contribution in [0.2, 0.25) is 0 Å².